The molecule has 0 saturated carbocycles. The summed E-state index contributed by atoms with van der Waals surface area (Å²) >= 11 is 2.04. The molecule has 0 atom stereocenters. The molecule has 0 saturated heterocycles. The second-order valence-electron chi connectivity index (χ2n) is 4.34. The van der Waals surface area contributed by atoms with Crippen molar-refractivity contribution in [2.24, 2.45) is 0 Å². The fourth-order valence-corrected chi connectivity index (χ4v) is 2.88. The zero-order valence-electron chi connectivity index (χ0n) is 10.6. The summed E-state index contributed by atoms with van der Waals surface area (Å²) < 4.78 is 0. The monoisotopic (exact) mass is 250 g/mol. The topological polar surface area (TPSA) is 15.3 Å². The van der Waals surface area contributed by atoms with Crippen LogP contribution in [-0.2, 0) is 6.54 Å². The lowest BCUT2D eigenvalue weighted by Gasteiger charge is -2.24. The Kier molecular flexibility index (Phi) is 5.20. The van der Waals surface area contributed by atoms with Crippen LogP contribution in [0.25, 0.3) is 0 Å². The Balaban J connectivity index is 1.97. The highest BCUT2D eigenvalue weighted by molar-refractivity contribution is 7.99. The van der Waals surface area contributed by atoms with Crippen LogP contribution in [0.15, 0.2) is 24.3 Å². The number of anilines is 1. The first kappa shape index (κ1) is 12.8. The third-order valence-corrected chi connectivity index (χ3v) is 4.11. The number of para-hydroxylation sites is 1. The second-order valence-corrected chi connectivity index (χ2v) is 5.74. The molecule has 1 N–H and O–H groups in total. The number of rotatable bonds is 5. The van der Waals surface area contributed by atoms with E-state index in [2.05, 4.69) is 41.4 Å². The van der Waals surface area contributed by atoms with Gasteiger partial charge in [-0.05, 0) is 29.6 Å². The number of fused-ring (bicyclic) bond motifs is 1. The molecule has 0 fully saturated rings. The van der Waals surface area contributed by atoms with Crippen molar-refractivity contribution in [3.05, 3.63) is 29.8 Å². The van der Waals surface area contributed by atoms with Gasteiger partial charge < -0.3 is 10.2 Å². The molecule has 0 unspecified atom stereocenters. The number of hydrogen-bond acceptors (Lipinski definition) is 3. The minimum Gasteiger partial charge on any atom is -0.370 e. The number of nitrogens with one attached hydrogen (secondary N) is 1. The Bertz CT molecular complexity index is 341. The fourth-order valence-electron chi connectivity index (χ4n) is 2.26. The van der Waals surface area contributed by atoms with Crippen molar-refractivity contribution < 1.29 is 0 Å². The summed E-state index contributed by atoms with van der Waals surface area (Å²) in [6.45, 7) is 6.65. The molecule has 0 spiro atoms. The van der Waals surface area contributed by atoms with Gasteiger partial charge in [0.15, 0.2) is 0 Å². The maximum atomic E-state index is 3.49. The second kappa shape index (κ2) is 6.92. The molecular weight excluding hydrogens is 228 g/mol. The van der Waals surface area contributed by atoms with Gasteiger partial charge in [-0.3, -0.25) is 0 Å². The Morgan fingerprint density at radius 2 is 2.24 bits per heavy atom. The predicted molar refractivity (Wildman–Crippen MR) is 78.0 cm³/mol. The quantitative estimate of drug-likeness (QED) is 0.809. The first-order valence-corrected chi connectivity index (χ1v) is 7.68. The highest BCUT2D eigenvalue weighted by atomic mass is 32.2. The van der Waals surface area contributed by atoms with Crippen LogP contribution in [0.2, 0.25) is 0 Å². The SMILES string of the molecule is CCSCCCN1CCNCc2ccccc21. The summed E-state index contributed by atoms with van der Waals surface area (Å²) in [5.41, 5.74) is 2.87. The maximum Gasteiger partial charge on any atom is 0.0412 e. The van der Waals surface area contributed by atoms with Crippen molar-refractivity contribution in [2.75, 3.05) is 36.0 Å². The molecule has 1 aromatic rings. The van der Waals surface area contributed by atoms with Crippen molar-refractivity contribution in [1.82, 2.24) is 5.32 Å². The number of benzene rings is 1. The van der Waals surface area contributed by atoms with Crippen molar-refractivity contribution in [2.45, 2.75) is 19.9 Å². The van der Waals surface area contributed by atoms with Gasteiger partial charge in [0.05, 0.1) is 0 Å². The first-order chi connectivity index (χ1) is 8.42. The number of thioether (sulfide) groups is 1. The smallest absolute Gasteiger partial charge is 0.0412 e. The minimum absolute atomic E-state index is 1.01. The van der Waals surface area contributed by atoms with Crippen LogP contribution in [0.3, 0.4) is 0 Å². The zero-order valence-corrected chi connectivity index (χ0v) is 11.4. The first-order valence-electron chi connectivity index (χ1n) is 6.53. The van der Waals surface area contributed by atoms with Crippen molar-refractivity contribution in [3.8, 4) is 0 Å². The van der Waals surface area contributed by atoms with E-state index >= 15 is 0 Å². The fraction of sp³-hybridized carbons (Fsp3) is 0.571. The molecule has 0 aliphatic carbocycles. The van der Waals surface area contributed by atoms with Crippen LogP contribution in [0.4, 0.5) is 5.69 Å². The van der Waals surface area contributed by atoms with Gasteiger partial charge in [-0.2, -0.15) is 11.8 Å². The highest BCUT2D eigenvalue weighted by Gasteiger charge is 2.13. The summed E-state index contributed by atoms with van der Waals surface area (Å²) in [4.78, 5) is 2.53. The molecule has 3 heteroatoms. The van der Waals surface area contributed by atoms with Gasteiger partial charge in [-0.25, -0.2) is 0 Å². The van der Waals surface area contributed by atoms with E-state index in [0.29, 0.717) is 0 Å². The maximum absolute atomic E-state index is 3.49. The number of nitrogens with zero attached hydrogens (tertiary/aromatic N) is 1. The molecule has 1 aliphatic heterocycles. The van der Waals surface area contributed by atoms with E-state index in [1.165, 1.54) is 35.7 Å². The van der Waals surface area contributed by atoms with Gasteiger partial charge in [-0.15, -0.1) is 0 Å². The Morgan fingerprint density at radius 1 is 1.35 bits per heavy atom. The van der Waals surface area contributed by atoms with Crippen LogP contribution in [0.1, 0.15) is 18.9 Å². The van der Waals surface area contributed by atoms with Crippen LogP contribution in [0, 0.1) is 0 Å². The van der Waals surface area contributed by atoms with E-state index in [-0.39, 0.29) is 0 Å². The molecule has 1 heterocycles. The molecule has 94 valence electrons. The van der Waals surface area contributed by atoms with Gasteiger partial charge in [-0.1, -0.05) is 25.1 Å². The van der Waals surface area contributed by atoms with Gasteiger partial charge >= 0.3 is 0 Å². The number of hydrogen-bond donors (Lipinski definition) is 1. The third-order valence-electron chi connectivity index (χ3n) is 3.13. The summed E-state index contributed by atoms with van der Waals surface area (Å²) in [6.07, 6.45) is 1.28. The largest absolute Gasteiger partial charge is 0.370 e. The lowest BCUT2D eigenvalue weighted by atomic mass is 10.1. The van der Waals surface area contributed by atoms with Crippen LogP contribution in [-0.4, -0.2) is 31.1 Å². The molecule has 17 heavy (non-hydrogen) atoms. The average Bonchev–Trinajstić information content (AvgIpc) is 2.57. The molecule has 1 aliphatic rings. The van der Waals surface area contributed by atoms with E-state index in [4.69, 9.17) is 0 Å². The third kappa shape index (κ3) is 3.65. The van der Waals surface area contributed by atoms with Gasteiger partial charge in [0, 0.05) is 31.9 Å². The lowest BCUT2D eigenvalue weighted by molar-refractivity contribution is 0.684. The van der Waals surface area contributed by atoms with Gasteiger partial charge in [0.2, 0.25) is 0 Å². The van der Waals surface area contributed by atoms with Crippen LogP contribution >= 0.6 is 11.8 Å². The summed E-state index contributed by atoms with van der Waals surface area (Å²) in [5, 5.41) is 3.49. The Labute approximate surface area is 109 Å². The van der Waals surface area contributed by atoms with E-state index in [1.54, 1.807) is 0 Å². The van der Waals surface area contributed by atoms with Gasteiger partial charge in [0.1, 0.15) is 0 Å². The van der Waals surface area contributed by atoms with E-state index in [0.717, 1.165) is 19.6 Å². The van der Waals surface area contributed by atoms with Crippen molar-refractivity contribution in [1.29, 1.82) is 0 Å². The van der Waals surface area contributed by atoms with Gasteiger partial charge in [0.25, 0.3) is 0 Å². The summed E-state index contributed by atoms with van der Waals surface area (Å²) in [5.74, 6) is 2.51. The van der Waals surface area contributed by atoms with Crippen molar-refractivity contribution >= 4 is 17.4 Å². The minimum atomic E-state index is 1.01. The molecular formula is C14H22N2S. The predicted octanol–water partition coefficient (Wildman–Crippen LogP) is 2.74. The highest BCUT2D eigenvalue weighted by Crippen LogP contribution is 2.22. The van der Waals surface area contributed by atoms with Crippen molar-refractivity contribution in [3.63, 3.8) is 0 Å². The lowest BCUT2D eigenvalue weighted by Crippen LogP contribution is -2.29. The molecule has 0 radical (unpaired) electrons. The Hall–Kier alpha value is -0.670. The van der Waals surface area contributed by atoms with E-state index in [1.807, 2.05) is 11.8 Å². The molecule has 1 aromatic carbocycles. The molecule has 2 rings (SSSR count). The van der Waals surface area contributed by atoms with Crippen LogP contribution < -0.4 is 10.2 Å². The van der Waals surface area contributed by atoms with E-state index in [9.17, 15) is 0 Å². The average molecular weight is 250 g/mol. The molecule has 0 aromatic heterocycles. The summed E-state index contributed by atoms with van der Waals surface area (Å²) in [7, 11) is 0. The zero-order chi connectivity index (χ0) is 11.9. The molecule has 0 bridgehead atoms. The summed E-state index contributed by atoms with van der Waals surface area (Å²) in [6, 6.07) is 8.78. The standard InChI is InChI=1S/C14H22N2S/c1-2-17-11-5-9-16-10-8-15-12-13-6-3-4-7-14(13)16/h3-4,6-7,15H,2,5,8-12H2,1H3. The van der Waals surface area contributed by atoms with E-state index < -0.39 is 0 Å². The molecule has 0 amide bonds. The van der Waals surface area contributed by atoms with Crippen LogP contribution in [0.5, 0.6) is 0 Å². The Morgan fingerprint density at radius 3 is 3.12 bits per heavy atom. The molecule has 2 nitrogen and oxygen atoms in total. The normalized spacial score (nSPS) is 15.5.